The van der Waals surface area contributed by atoms with Gasteiger partial charge in [-0.2, -0.15) is 0 Å². The van der Waals surface area contributed by atoms with E-state index in [1.807, 2.05) is 54.6 Å². The summed E-state index contributed by atoms with van der Waals surface area (Å²) in [6.07, 6.45) is 6.84. The normalized spacial score (nSPS) is 17.9. The number of ketones is 1. The average Bonchev–Trinajstić information content (AvgIpc) is 3.06. The summed E-state index contributed by atoms with van der Waals surface area (Å²) in [4.78, 5) is 18.4. The monoisotopic (exact) mass is 518 g/mol. The first kappa shape index (κ1) is 25.5. The molecule has 0 amide bonds. The van der Waals surface area contributed by atoms with E-state index in [-0.39, 0.29) is 12.4 Å². The Bertz CT molecular complexity index is 1300. The van der Waals surface area contributed by atoms with Crippen molar-refractivity contribution in [2.24, 2.45) is 0 Å². The van der Waals surface area contributed by atoms with Crippen LogP contribution in [0.2, 0.25) is 5.02 Å². The molecule has 0 saturated carbocycles. The summed E-state index contributed by atoms with van der Waals surface area (Å²) in [5.41, 5.74) is 3.13. The van der Waals surface area contributed by atoms with Gasteiger partial charge in [-0.25, -0.2) is 4.98 Å². The number of benzene rings is 2. The summed E-state index contributed by atoms with van der Waals surface area (Å²) < 4.78 is 12.0. The Morgan fingerprint density at radius 1 is 1.16 bits per heavy atom. The molecule has 6 nitrogen and oxygen atoms in total. The zero-order valence-electron chi connectivity index (χ0n) is 21.0. The standard InChI is InChI=1S/C30H31ClN2O4/c1-21(34)20-36-27-7-2-8-28-26(27)19-22(25-6-3-15-32-29(25)37-28)5-4-16-33-17-13-30(35,14-18-33)23-9-11-24(31)12-10-23/h2-3,5-12,15,35H,4,13-14,16-20H2,1H3/b22-5-. The zero-order chi connectivity index (χ0) is 25.8. The van der Waals surface area contributed by atoms with Crippen LogP contribution >= 0.6 is 11.6 Å². The predicted octanol–water partition coefficient (Wildman–Crippen LogP) is 5.81. The van der Waals surface area contributed by atoms with E-state index in [1.54, 1.807) is 6.20 Å². The van der Waals surface area contributed by atoms with E-state index in [2.05, 4.69) is 16.0 Å². The molecular formula is C30H31ClN2O4. The fourth-order valence-corrected chi connectivity index (χ4v) is 5.16. The summed E-state index contributed by atoms with van der Waals surface area (Å²) in [5.74, 6) is 1.89. The van der Waals surface area contributed by atoms with Crippen LogP contribution in [0.25, 0.3) is 5.57 Å². The molecule has 1 aromatic heterocycles. The molecule has 0 bridgehead atoms. The van der Waals surface area contributed by atoms with Crippen molar-refractivity contribution in [3.63, 3.8) is 0 Å². The lowest BCUT2D eigenvalue weighted by atomic mass is 9.84. The summed E-state index contributed by atoms with van der Waals surface area (Å²) >= 11 is 6.02. The van der Waals surface area contributed by atoms with Gasteiger partial charge in [0.2, 0.25) is 5.88 Å². The van der Waals surface area contributed by atoms with Crippen molar-refractivity contribution in [2.45, 2.75) is 38.2 Å². The van der Waals surface area contributed by atoms with Gasteiger partial charge in [0.25, 0.3) is 0 Å². The highest BCUT2D eigenvalue weighted by Crippen LogP contribution is 2.41. The highest BCUT2D eigenvalue weighted by atomic mass is 35.5. The number of pyridine rings is 1. The van der Waals surface area contributed by atoms with Crippen LogP contribution in [0.5, 0.6) is 17.4 Å². The molecule has 0 radical (unpaired) electrons. The first-order chi connectivity index (χ1) is 17.9. The van der Waals surface area contributed by atoms with Gasteiger partial charge >= 0.3 is 0 Å². The van der Waals surface area contributed by atoms with E-state index >= 15 is 0 Å². The zero-order valence-corrected chi connectivity index (χ0v) is 21.7. The maximum absolute atomic E-state index is 11.5. The van der Waals surface area contributed by atoms with Gasteiger partial charge in [0.15, 0.2) is 5.78 Å². The second-order valence-corrected chi connectivity index (χ2v) is 10.2. The van der Waals surface area contributed by atoms with Crippen LogP contribution in [-0.4, -0.2) is 47.0 Å². The van der Waals surface area contributed by atoms with E-state index in [4.69, 9.17) is 21.1 Å². The molecule has 1 fully saturated rings. The largest absolute Gasteiger partial charge is 0.485 e. The molecule has 0 spiro atoms. The summed E-state index contributed by atoms with van der Waals surface area (Å²) in [6, 6.07) is 17.1. The number of halogens is 1. The van der Waals surface area contributed by atoms with Gasteiger partial charge in [0.05, 0.1) is 5.60 Å². The second-order valence-electron chi connectivity index (χ2n) is 9.76. The number of aliphatic hydroxyl groups is 1. The lowest BCUT2D eigenvalue weighted by Gasteiger charge is -2.38. The SMILES string of the molecule is CC(=O)COc1cccc2c1C/C(=C/CCN1CCC(O)(c3ccc(Cl)cc3)CC1)c1cccnc1O2. The molecule has 0 unspecified atom stereocenters. The minimum absolute atomic E-state index is 0.0258. The fraction of sp³-hybridized carbons (Fsp3) is 0.333. The Hall–Kier alpha value is -3.19. The molecular weight excluding hydrogens is 488 g/mol. The van der Waals surface area contributed by atoms with Gasteiger partial charge < -0.3 is 19.5 Å². The number of fused-ring (bicyclic) bond motifs is 2. The van der Waals surface area contributed by atoms with E-state index in [1.165, 1.54) is 6.92 Å². The number of Topliss-reactive ketones (excluding diaryl/α,β-unsaturated/α-hetero) is 1. The number of likely N-dealkylation sites (tertiary alicyclic amines) is 1. The van der Waals surface area contributed by atoms with Crippen LogP contribution in [0.1, 0.15) is 42.9 Å². The van der Waals surface area contributed by atoms with Crippen LogP contribution in [0.15, 0.2) is 66.9 Å². The van der Waals surface area contributed by atoms with E-state index in [0.717, 1.165) is 48.3 Å². The molecule has 7 heteroatoms. The number of piperidine rings is 1. The molecule has 1 saturated heterocycles. The molecule has 3 aromatic rings. The lowest BCUT2D eigenvalue weighted by Crippen LogP contribution is -2.42. The fourth-order valence-electron chi connectivity index (χ4n) is 5.04. The second kappa shape index (κ2) is 11.1. The van der Waals surface area contributed by atoms with Crippen LogP contribution in [-0.2, 0) is 16.8 Å². The van der Waals surface area contributed by atoms with Gasteiger partial charge in [-0.1, -0.05) is 35.9 Å². The maximum Gasteiger partial charge on any atom is 0.226 e. The molecule has 1 N–H and O–H groups in total. The van der Waals surface area contributed by atoms with Crippen molar-refractivity contribution >= 4 is 23.0 Å². The number of rotatable bonds is 7. The molecule has 2 aromatic carbocycles. The number of nitrogens with zero attached hydrogens (tertiary/aromatic N) is 2. The Morgan fingerprint density at radius 3 is 2.70 bits per heavy atom. The van der Waals surface area contributed by atoms with Crippen molar-refractivity contribution in [3.8, 4) is 17.4 Å². The highest BCUT2D eigenvalue weighted by molar-refractivity contribution is 6.30. The number of hydrogen-bond donors (Lipinski definition) is 1. The minimum Gasteiger partial charge on any atom is -0.485 e. The molecule has 0 atom stereocenters. The number of hydrogen-bond acceptors (Lipinski definition) is 6. The van der Waals surface area contributed by atoms with Crippen molar-refractivity contribution in [2.75, 3.05) is 26.2 Å². The number of ether oxygens (including phenoxy) is 2. The van der Waals surface area contributed by atoms with E-state index in [9.17, 15) is 9.90 Å². The number of carbonyl (C=O) groups excluding carboxylic acids is 1. The highest BCUT2D eigenvalue weighted by Gasteiger charge is 2.33. The van der Waals surface area contributed by atoms with Crippen molar-refractivity contribution in [3.05, 3.63) is 88.6 Å². The van der Waals surface area contributed by atoms with E-state index < -0.39 is 5.60 Å². The van der Waals surface area contributed by atoms with Crippen molar-refractivity contribution in [1.29, 1.82) is 0 Å². The molecule has 0 aliphatic carbocycles. The van der Waals surface area contributed by atoms with Crippen LogP contribution in [0.4, 0.5) is 0 Å². The van der Waals surface area contributed by atoms with Gasteiger partial charge in [-0.15, -0.1) is 0 Å². The van der Waals surface area contributed by atoms with Crippen molar-refractivity contribution in [1.82, 2.24) is 9.88 Å². The smallest absolute Gasteiger partial charge is 0.226 e. The Kier molecular flexibility index (Phi) is 7.60. The summed E-state index contributed by atoms with van der Waals surface area (Å²) in [7, 11) is 0. The van der Waals surface area contributed by atoms with Crippen LogP contribution < -0.4 is 9.47 Å². The molecule has 2 aliphatic heterocycles. The summed E-state index contributed by atoms with van der Waals surface area (Å²) in [6.45, 7) is 4.09. The van der Waals surface area contributed by atoms with Gasteiger partial charge in [-0.05, 0) is 73.7 Å². The predicted molar refractivity (Wildman–Crippen MR) is 144 cm³/mol. The number of allylic oxidation sites excluding steroid dienone is 1. The lowest BCUT2D eigenvalue weighted by molar-refractivity contribution is -0.118. The molecule has 5 rings (SSSR count). The Labute approximate surface area is 222 Å². The van der Waals surface area contributed by atoms with Gasteiger partial charge in [-0.3, -0.25) is 4.79 Å². The summed E-state index contributed by atoms with van der Waals surface area (Å²) in [5, 5.41) is 11.9. The third kappa shape index (κ3) is 5.87. The van der Waals surface area contributed by atoms with Crippen LogP contribution in [0, 0.1) is 0 Å². The number of aromatic nitrogens is 1. The first-order valence-electron chi connectivity index (χ1n) is 12.7. The van der Waals surface area contributed by atoms with E-state index in [0.29, 0.717) is 41.7 Å². The molecule has 37 heavy (non-hydrogen) atoms. The Balaban J connectivity index is 1.29. The minimum atomic E-state index is -0.803. The topological polar surface area (TPSA) is 71.9 Å². The average molecular weight is 519 g/mol. The maximum atomic E-state index is 11.5. The third-order valence-electron chi connectivity index (χ3n) is 7.11. The molecule has 2 aliphatic rings. The quantitative estimate of drug-likeness (QED) is 0.425. The first-order valence-corrected chi connectivity index (χ1v) is 13.1. The molecule has 192 valence electrons. The Morgan fingerprint density at radius 2 is 1.95 bits per heavy atom. The van der Waals surface area contributed by atoms with Crippen molar-refractivity contribution < 1.29 is 19.4 Å². The third-order valence-corrected chi connectivity index (χ3v) is 7.36. The van der Waals surface area contributed by atoms with Gasteiger partial charge in [0.1, 0.15) is 18.1 Å². The molecule has 3 heterocycles. The van der Waals surface area contributed by atoms with Crippen LogP contribution in [0.3, 0.4) is 0 Å². The van der Waals surface area contributed by atoms with Gasteiger partial charge in [0, 0.05) is 48.4 Å². The number of carbonyl (C=O) groups is 1.